The van der Waals surface area contributed by atoms with E-state index in [1.165, 1.54) is 25.1 Å². The Bertz CT molecular complexity index is 510. The van der Waals surface area contributed by atoms with Crippen molar-refractivity contribution in [1.29, 1.82) is 0 Å². The van der Waals surface area contributed by atoms with Gasteiger partial charge in [0.1, 0.15) is 6.61 Å². The molecule has 1 fully saturated rings. The van der Waals surface area contributed by atoms with Gasteiger partial charge in [-0.1, -0.05) is 0 Å². The molecule has 1 amide bonds. The fraction of sp³-hybridized carbons (Fsp3) is 0.750. The van der Waals surface area contributed by atoms with Gasteiger partial charge in [0.15, 0.2) is 0 Å². The fourth-order valence-corrected chi connectivity index (χ4v) is 2.97. The lowest BCUT2D eigenvalue weighted by atomic mass is 10.1. The van der Waals surface area contributed by atoms with E-state index >= 15 is 0 Å². The zero-order valence-electron chi connectivity index (χ0n) is 13.6. The number of likely N-dealkylation sites (N-methyl/N-ethyl adjacent to an activating group) is 1. The Hall–Kier alpha value is -1.40. The van der Waals surface area contributed by atoms with Gasteiger partial charge in [0.2, 0.25) is 5.91 Å². The van der Waals surface area contributed by atoms with Crippen LogP contribution in [0.4, 0.5) is 0 Å². The molecule has 6 nitrogen and oxygen atoms in total. The second-order valence-corrected chi connectivity index (χ2v) is 6.81. The van der Waals surface area contributed by atoms with E-state index < -0.39 is 0 Å². The quantitative estimate of drug-likeness (QED) is 0.781. The lowest BCUT2D eigenvalue weighted by Gasteiger charge is -2.23. The molecule has 0 aromatic carbocycles. The lowest BCUT2D eigenvalue weighted by molar-refractivity contribution is -0.134. The molecule has 2 aliphatic rings. The summed E-state index contributed by atoms with van der Waals surface area (Å²) in [6, 6.07) is 2.11. The van der Waals surface area contributed by atoms with E-state index in [-0.39, 0.29) is 12.5 Å². The van der Waals surface area contributed by atoms with Crippen molar-refractivity contribution in [3.05, 3.63) is 18.0 Å². The molecule has 3 rings (SSSR count). The lowest BCUT2D eigenvalue weighted by Crippen LogP contribution is -2.33. The molecular weight excluding hydrogens is 280 g/mol. The first-order valence-electron chi connectivity index (χ1n) is 8.12. The number of amides is 1. The number of hydrogen-bond acceptors (Lipinski definition) is 4. The summed E-state index contributed by atoms with van der Waals surface area (Å²) in [5, 5.41) is 4.43. The van der Waals surface area contributed by atoms with E-state index in [2.05, 4.69) is 20.7 Å². The third kappa shape index (κ3) is 4.08. The van der Waals surface area contributed by atoms with E-state index in [0.717, 1.165) is 25.6 Å². The highest BCUT2D eigenvalue weighted by Gasteiger charge is 2.28. The highest BCUT2D eigenvalue weighted by atomic mass is 16.5. The Morgan fingerprint density at radius 1 is 1.36 bits per heavy atom. The van der Waals surface area contributed by atoms with Crippen molar-refractivity contribution in [3.8, 4) is 0 Å². The minimum Gasteiger partial charge on any atom is -0.371 e. The Balaban J connectivity index is 1.56. The van der Waals surface area contributed by atoms with Crippen molar-refractivity contribution in [1.82, 2.24) is 19.6 Å². The van der Waals surface area contributed by atoms with Gasteiger partial charge in [0.05, 0.1) is 12.3 Å². The largest absolute Gasteiger partial charge is 0.371 e. The van der Waals surface area contributed by atoms with Gasteiger partial charge in [-0.3, -0.25) is 14.4 Å². The van der Waals surface area contributed by atoms with Gasteiger partial charge in [0.25, 0.3) is 0 Å². The smallest absolute Gasteiger partial charge is 0.248 e. The van der Waals surface area contributed by atoms with Crippen LogP contribution in [0.25, 0.3) is 0 Å². The van der Waals surface area contributed by atoms with Gasteiger partial charge in [-0.05, 0) is 24.8 Å². The molecule has 0 bridgehead atoms. The van der Waals surface area contributed by atoms with Crippen LogP contribution in [0.5, 0.6) is 0 Å². The third-order valence-electron chi connectivity index (χ3n) is 4.43. The van der Waals surface area contributed by atoms with E-state index in [1.807, 2.05) is 6.20 Å². The van der Waals surface area contributed by atoms with Gasteiger partial charge in [-0.2, -0.15) is 5.10 Å². The van der Waals surface area contributed by atoms with Crippen LogP contribution in [-0.2, 0) is 22.6 Å². The molecule has 2 heterocycles. The van der Waals surface area contributed by atoms with E-state index in [1.54, 1.807) is 19.0 Å². The SMILES string of the molecule is CN(C)C(=O)COCC1CN(CC2CC2)Cc2ccnn2C1. The molecule has 1 aliphatic carbocycles. The van der Waals surface area contributed by atoms with Crippen LogP contribution >= 0.6 is 0 Å². The Kier molecular flexibility index (Phi) is 4.78. The minimum absolute atomic E-state index is 0.0169. The van der Waals surface area contributed by atoms with Crippen molar-refractivity contribution >= 4 is 5.91 Å². The minimum atomic E-state index is 0.0169. The number of fused-ring (bicyclic) bond motifs is 1. The second-order valence-electron chi connectivity index (χ2n) is 6.81. The van der Waals surface area contributed by atoms with Gasteiger partial charge in [0, 0.05) is 52.4 Å². The summed E-state index contributed by atoms with van der Waals surface area (Å²) in [4.78, 5) is 15.7. The maximum absolute atomic E-state index is 11.6. The van der Waals surface area contributed by atoms with Gasteiger partial charge in [-0.25, -0.2) is 0 Å². The van der Waals surface area contributed by atoms with Gasteiger partial charge >= 0.3 is 0 Å². The molecule has 0 radical (unpaired) electrons. The second kappa shape index (κ2) is 6.79. The number of carbonyl (C=O) groups excluding carboxylic acids is 1. The molecule has 22 heavy (non-hydrogen) atoms. The molecule has 1 atom stereocenters. The summed E-state index contributed by atoms with van der Waals surface area (Å²) < 4.78 is 7.75. The van der Waals surface area contributed by atoms with Crippen LogP contribution in [0.2, 0.25) is 0 Å². The van der Waals surface area contributed by atoms with Crippen molar-refractivity contribution in [2.45, 2.75) is 25.9 Å². The Morgan fingerprint density at radius 3 is 2.91 bits per heavy atom. The topological polar surface area (TPSA) is 50.6 Å². The molecule has 0 spiro atoms. The van der Waals surface area contributed by atoms with Crippen LogP contribution in [-0.4, -0.2) is 65.9 Å². The zero-order valence-corrected chi connectivity index (χ0v) is 13.6. The molecule has 1 aromatic rings. The number of aromatic nitrogens is 2. The van der Waals surface area contributed by atoms with E-state index in [0.29, 0.717) is 12.5 Å². The molecule has 122 valence electrons. The average Bonchev–Trinajstić information content (AvgIpc) is 3.21. The van der Waals surface area contributed by atoms with E-state index in [4.69, 9.17) is 4.74 Å². The first-order chi connectivity index (χ1) is 10.6. The van der Waals surface area contributed by atoms with Crippen LogP contribution in [0, 0.1) is 11.8 Å². The summed E-state index contributed by atoms with van der Waals surface area (Å²) in [6.07, 6.45) is 4.62. The number of nitrogens with zero attached hydrogens (tertiary/aromatic N) is 4. The third-order valence-corrected chi connectivity index (χ3v) is 4.43. The maximum atomic E-state index is 11.6. The number of ether oxygens (including phenoxy) is 1. The first kappa shape index (κ1) is 15.5. The highest BCUT2D eigenvalue weighted by molar-refractivity contribution is 5.76. The fourth-order valence-electron chi connectivity index (χ4n) is 2.97. The standard InChI is InChI=1S/C16H26N4O2/c1-18(2)16(21)12-22-11-14-8-19(7-13-3-4-13)10-15-5-6-17-20(15)9-14/h5-6,13-14H,3-4,7-12H2,1-2H3. The summed E-state index contributed by atoms with van der Waals surface area (Å²) in [6.45, 7) is 4.83. The molecule has 6 heteroatoms. The van der Waals surface area contributed by atoms with Crippen molar-refractivity contribution < 1.29 is 9.53 Å². The van der Waals surface area contributed by atoms with Crippen molar-refractivity contribution in [2.75, 3.05) is 40.4 Å². The molecule has 1 aliphatic heterocycles. The van der Waals surface area contributed by atoms with Crippen LogP contribution in [0.3, 0.4) is 0 Å². The van der Waals surface area contributed by atoms with E-state index in [9.17, 15) is 4.79 Å². The summed E-state index contributed by atoms with van der Waals surface area (Å²) in [7, 11) is 3.51. The molecule has 1 unspecified atom stereocenters. The number of rotatable bonds is 6. The monoisotopic (exact) mass is 306 g/mol. The molecular formula is C16H26N4O2. The van der Waals surface area contributed by atoms with Crippen molar-refractivity contribution in [2.24, 2.45) is 11.8 Å². The number of hydrogen-bond donors (Lipinski definition) is 0. The van der Waals surface area contributed by atoms with Crippen molar-refractivity contribution in [3.63, 3.8) is 0 Å². The Labute approximate surface area is 132 Å². The Morgan fingerprint density at radius 2 is 2.18 bits per heavy atom. The summed E-state index contributed by atoms with van der Waals surface area (Å²) in [5.74, 6) is 1.28. The maximum Gasteiger partial charge on any atom is 0.248 e. The summed E-state index contributed by atoms with van der Waals surface area (Å²) >= 11 is 0. The van der Waals surface area contributed by atoms with Crippen LogP contribution in [0.1, 0.15) is 18.5 Å². The average molecular weight is 306 g/mol. The zero-order chi connectivity index (χ0) is 15.5. The van der Waals surface area contributed by atoms with Crippen LogP contribution < -0.4 is 0 Å². The molecule has 0 N–H and O–H groups in total. The van der Waals surface area contributed by atoms with Crippen LogP contribution in [0.15, 0.2) is 12.3 Å². The highest BCUT2D eigenvalue weighted by Crippen LogP contribution is 2.31. The summed E-state index contributed by atoms with van der Waals surface area (Å²) in [5.41, 5.74) is 1.28. The predicted octanol–water partition coefficient (Wildman–Crippen LogP) is 0.830. The predicted molar refractivity (Wildman–Crippen MR) is 83.2 cm³/mol. The van der Waals surface area contributed by atoms with Gasteiger partial charge < -0.3 is 9.64 Å². The molecule has 1 saturated carbocycles. The normalized spacial score (nSPS) is 22.2. The first-order valence-corrected chi connectivity index (χ1v) is 8.12. The number of carbonyl (C=O) groups is 1. The van der Waals surface area contributed by atoms with Gasteiger partial charge in [-0.15, -0.1) is 0 Å². The molecule has 0 saturated heterocycles. The molecule has 1 aromatic heterocycles.